The lowest BCUT2D eigenvalue weighted by Crippen LogP contribution is -2.13. The number of halogens is 1. The van der Waals surface area contributed by atoms with Crippen LogP contribution in [-0.4, -0.2) is 19.5 Å². The molecule has 4 heteroatoms. The lowest BCUT2D eigenvalue weighted by Gasteiger charge is -2.07. The van der Waals surface area contributed by atoms with Crippen LogP contribution in [0.3, 0.4) is 0 Å². The molecule has 2 aromatic rings. The van der Waals surface area contributed by atoms with Gasteiger partial charge in [0.05, 0.1) is 12.7 Å². The maximum atomic E-state index is 13.4. The van der Waals surface area contributed by atoms with Crippen molar-refractivity contribution in [2.24, 2.45) is 0 Å². The summed E-state index contributed by atoms with van der Waals surface area (Å²) in [6.07, 6.45) is 0. The standard InChI is InChI=1S/C15H13FO3/c1-18-11-5-4-6-12(9-11)19-10-15(17)13-7-2-3-8-14(13)16/h2-9H,10H2,1H3. The summed E-state index contributed by atoms with van der Waals surface area (Å²) in [4.78, 5) is 11.8. The summed E-state index contributed by atoms with van der Waals surface area (Å²) in [6.45, 7) is -0.214. The highest BCUT2D eigenvalue weighted by atomic mass is 19.1. The van der Waals surface area contributed by atoms with Crippen molar-refractivity contribution in [3.05, 3.63) is 59.9 Å². The minimum atomic E-state index is -0.540. The second-order valence-corrected chi connectivity index (χ2v) is 3.87. The summed E-state index contributed by atoms with van der Waals surface area (Å²) >= 11 is 0. The van der Waals surface area contributed by atoms with Crippen molar-refractivity contribution in [3.63, 3.8) is 0 Å². The molecule has 2 rings (SSSR count). The highest BCUT2D eigenvalue weighted by molar-refractivity contribution is 5.97. The van der Waals surface area contributed by atoms with Crippen LogP contribution in [0, 0.1) is 5.82 Å². The van der Waals surface area contributed by atoms with E-state index in [1.165, 1.54) is 18.2 Å². The van der Waals surface area contributed by atoms with Crippen LogP contribution in [-0.2, 0) is 0 Å². The summed E-state index contributed by atoms with van der Waals surface area (Å²) in [7, 11) is 1.55. The first-order valence-electron chi connectivity index (χ1n) is 5.75. The topological polar surface area (TPSA) is 35.5 Å². The van der Waals surface area contributed by atoms with Crippen molar-refractivity contribution in [1.82, 2.24) is 0 Å². The van der Waals surface area contributed by atoms with Crippen LogP contribution in [0.2, 0.25) is 0 Å². The van der Waals surface area contributed by atoms with Crippen molar-refractivity contribution in [2.75, 3.05) is 13.7 Å². The fraction of sp³-hybridized carbons (Fsp3) is 0.133. The number of carbonyl (C=O) groups is 1. The molecule has 0 saturated carbocycles. The first kappa shape index (κ1) is 13.1. The molecule has 19 heavy (non-hydrogen) atoms. The van der Waals surface area contributed by atoms with Crippen LogP contribution in [0.25, 0.3) is 0 Å². The van der Waals surface area contributed by atoms with Gasteiger partial charge in [-0.25, -0.2) is 4.39 Å². The third-order valence-corrected chi connectivity index (χ3v) is 2.59. The van der Waals surface area contributed by atoms with Gasteiger partial charge in [0.2, 0.25) is 5.78 Å². The zero-order valence-corrected chi connectivity index (χ0v) is 10.4. The number of Topliss-reactive ketones (excluding diaryl/α,β-unsaturated/α-hetero) is 1. The van der Waals surface area contributed by atoms with Crippen molar-refractivity contribution < 1.29 is 18.7 Å². The minimum absolute atomic E-state index is 0.0328. The van der Waals surface area contributed by atoms with E-state index in [4.69, 9.17) is 9.47 Å². The molecule has 0 fully saturated rings. The molecule has 0 N–H and O–H groups in total. The van der Waals surface area contributed by atoms with Crippen molar-refractivity contribution in [2.45, 2.75) is 0 Å². The van der Waals surface area contributed by atoms with E-state index in [1.54, 1.807) is 37.4 Å². The Hall–Kier alpha value is -2.36. The molecule has 0 aliphatic rings. The van der Waals surface area contributed by atoms with Gasteiger partial charge >= 0.3 is 0 Å². The van der Waals surface area contributed by atoms with Crippen molar-refractivity contribution in [3.8, 4) is 11.5 Å². The van der Waals surface area contributed by atoms with E-state index >= 15 is 0 Å². The molecular weight excluding hydrogens is 247 g/mol. The Morgan fingerprint density at radius 3 is 2.58 bits per heavy atom. The molecule has 3 nitrogen and oxygen atoms in total. The van der Waals surface area contributed by atoms with Crippen molar-refractivity contribution >= 4 is 5.78 Å². The molecule has 0 bridgehead atoms. The highest BCUT2D eigenvalue weighted by Gasteiger charge is 2.11. The number of hydrogen-bond acceptors (Lipinski definition) is 3. The third-order valence-electron chi connectivity index (χ3n) is 2.59. The molecule has 0 atom stereocenters. The maximum Gasteiger partial charge on any atom is 0.203 e. The predicted molar refractivity (Wildman–Crippen MR) is 69.2 cm³/mol. The molecule has 0 amide bonds. The lowest BCUT2D eigenvalue weighted by molar-refractivity contribution is 0.0917. The molecule has 0 aromatic heterocycles. The van der Waals surface area contributed by atoms with Gasteiger partial charge in [-0.3, -0.25) is 4.79 Å². The first-order valence-corrected chi connectivity index (χ1v) is 5.75. The average molecular weight is 260 g/mol. The highest BCUT2D eigenvalue weighted by Crippen LogP contribution is 2.19. The second-order valence-electron chi connectivity index (χ2n) is 3.87. The fourth-order valence-electron chi connectivity index (χ4n) is 1.60. The number of carbonyl (C=O) groups excluding carboxylic acids is 1. The molecule has 2 aromatic carbocycles. The van der Waals surface area contributed by atoms with E-state index < -0.39 is 11.6 Å². The monoisotopic (exact) mass is 260 g/mol. The Balaban J connectivity index is 2.02. The summed E-state index contributed by atoms with van der Waals surface area (Å²) in [6, 6.07) is 12.7. The quantitative estimate of drug-likeness (QED) is 0.775. The van der Waals surface area contributed by atoms with Gasteiger partial charge in [0.15, 0.2) is 6.61 Å². The van der Waals surface area contributed by atoms with Crippen LogP contribution in [0.1, 0.15) is 10.4 Å². The molecule has 0 spiro atoms. The number of ketones is 1. The Bertz CT molecular complexity index is 581. The Labute approximate surface area is 110 Å². The number of benzene rings is 2. The Morgan fingerprint density at radius 2 is 1.84 bits per heavy atom. The number of methoxy groups -OCH3 is 1. The van der Waals surface area contributed by atoms with Gasteiger partial charge in [-0.15, -0.1) is 0 Å². The molecule has 98 valence electrons. The van der Waals surface area contributed by atoms with E-state index in [0.29, 0.717) is 11.5 Å². The van der Waals surface area contributed by atoms with E-state index in [1.807, 2.05) is 0 Å². The molecular formula is C15H13FO3. The summed E-state index contributed by atoms with van der Waals surface area (Å²) in [5.74, 6) is 0.197. The van der Waals surface area contributed by atoms with Crippen molar-refractivity contribution in [1.29, 1.82) is 0 Å². The van der Waals surface area contributed by atoms with Crippen LogP contribution in [0.15, 0.2) is 48.5 Å². The van der Waals surface area contributed by atoms with Gasteiger partial charge < -0.3 is 9.47 Å². The van der Waals surface area contributed by atoms with Gasteiger partial charge in [0, 0.05) is 6.07 Å². The lowest BCUT2D eigenvalue weighted by atomic mass is 10.1. The van der Waals surface area contributed by atoms with Crippen LogP contribution in [0.5, 0.6) is 11.5 Å². The van der Waals surface area contributed by atoms with E-state index in [9.17, 15) is 9.18 Å². The molecule has 0 aliphatic carbocycles. The van der Waals surface area contributed by atoms with Gasteiger partial charge in [0.1, 0.15) is 17.3 Å². The molecule has 0 heterocycles. The Morgan fingerprint density at radius 1 is 1.11 bits per heavy atom. The number of hydrogen-bond donors (Lipinski definition) is 0. The smallest absolute Gasteiger partial charge is 0.203 e. The summed E-state index contributed by atoms with van der Waals surface area (Å²) < 4.78 is 23.8. The molecule has 0 aliphatic heterocycles. The molecule has 0 saturated heterocycles. The predicted octanol–water partition coefficient (Wildman–Crippen LogP) is 3.10. The van der Waals surface area contributed by atoms with E-state index in [2.05, 4.69) is 0 Å². The van der Waals surface area contributed by atoms with Gasteiger partial charge in [0.25, 0.3) is 0 Å². The largest absolute Gasteiger partial charge is 0.497 e. The summed E-state index contributed by atoms with van der Waals surface area (Å²) in [5, 5.41) is 0. The SMILES string of the molecule is COc1cccc(OCC(=O)c2ccccc2F)c1. The maximum absolute atomic E-state index is 13.4. The number of rotatable bonds is 5. The van der Waals surface area contributed by atoms with Crippen LogP contribution in [0.4, 0.5) is 4.39 Å². The minimum Gasteiger partial charge on any atom is -0.497 e. The normalized spacial score (nSPS) is 10.0. The van der Waals surface area contributed by atoms with Crippen LogP contribution >= 0.6 is 0 Å². The second kappa shape index (κ2) is 6.00. The summed E-state index contributed by atoms with van der Waals surface area (Å²) in [5.41, 5.74) is 0.0328. The van der Waals surface area contributed by atoms with Gasteiger partial charge in [-0.05, 0) is 24.3 Å². The van der Waals surface area contributed by atoms with E-state index in [0.717, 1.165) is 0 Å². The van der Waals surface area contributed by atoms with Gasteiger partial charge in [-0.1, -0.05) is 18.2 Å². The Kier molecular flexibility index (Phi) is 4.13. The third kappa shape index (κ3) is 3.31. The fourth-order valence-corrected chi connectivity index (χ4v) is 1.60. The molecule has 0 unspecified atom stereocenters. The first-order chi connectivity index (χ1) is 9.20. The average Bonchev–Trinajstić information content (AvgIpc) is 2.45. The number of ether oxygens (including phenoxy) is 2. The van der Waals surface area contributed by atoms with Crippen LogP contribution < -0.4 is 9.47 Å². The zero-order valence-electron chi connectivity index (χ0n) is 10.4. The van der Waals surface area contributed by atoms with E-state index in [-0.39, 0.29) is 12.2 Å². The van der Waals surface area contributed by atoms with Gasteiger partial charge in [-0.2, -0.15) is 0 Å². The molecule has 0 radical (unpaired) electrons. The zero-order chi connectivity index (χ0) is 13.7.